The van der Waals surface area contributed by atoms with E-state index in [1.165, 1.54) is 44.4 Å². The third kappa shape index (κ3) is 15.1. The van der Waals surface area contributed by atoms with Crippen LogP contribution in [-0.4, -0.2) is 24.0 Å². The monoisotopic (exact) mass is 312 g/mol. The molecule has 0 fully saturated rings. The summed E-state index contributed by atoms with van der Waals surface area (Å²) in [6, 6.07) is 0. The number of carbonyl (C=O) groups is 2. The summed E-state index contributed by atoms with van der Waals surface area (Å²) in [5.41, 5.74) is -0.517. The molecule has 0 aliphatic carbocycles. The van der Waals surface area contributed by atoms with Gasteiger partial charge in [0.15, 0.2) is 12.4 Å². The summed E-state index contributed by atoms with van der Waals surface area (Å²) < 4.78 is 10.1. The van der Waals surface area contributed by atoms with Crippen molar-refractivity contribution in [1.29, 1.82) is 0 Å². The number of rotatable bonds is 12. The molecule has 0 rings (SSSR count). The van der Waals surface area contributed by atoms with Crippen LogP contribution in [0.2, 0.25) is 0 Å². The number of carbonyl (C=O) groups excluding carboxylic acids is 2. The first-order valence-corrected chi connectivity index (χ1v) is 8.38. The average Bonchev–Trinajstić information content (AvgIpc) is 2.41. The first kappa shape index (κ1) is 20.7. The Hall–Kier alpha value is -1.32. The van der Waals surface area contributed by atoms with Gasteiger partial charge >= 0.3 is 5.97 Å². The number of ether oxygens (including phenoxy) is 2. The topological polar surface area (TPSA) is 52.6 Å². The Kier molecular flexibility index (Phi) is 11.5. The van der Waals surface area contributed by atoms with Crippen LogP contribution in [0.1, 0.15) is 79.1 Å². The van der Waals surface area contributed by atoms with Crippen LogP contribution in [-0.2, 0) is 19.1 Å². The summed E-state index contributed by atoms with van der Waals surface area (Å²) in [4.78, 5) is 22.9. The minimum atomic E-state index is -0.517. The van der Waals surface area contributed by atoms with Gasteiger partial charge in [-0.25, -0.2) is 4.79 Å². The molecule has 0 aromatic carbocycles. The highest BCUT2D eigenvalue weighted by Gasteiger charge is 2.15. The van der Waals surface area contributed by atoms with Crippen LogP contribution in [0.25, 0.3) is 0 Å². The van der Waals surface area contributed by atoms with Crippen molar-refractivity contribution in [2.24, 2.45) is 0 Å². The summed E-state index contributed by atoms with van der Waals surface area (Å²) in [7, 11) is 0. The zero-order valence-electron chi connectivity index (χ0n) is 14.7. The van der Waals surface area contributed by atoms with Crippen molar-refractivity contribution in [3.63, 3.8) is 0 Å². The van der Waals surface area contributed by atoms with Crippen molar-refractivity contribution < 1.29 is 19.1 Å². The number of unbranched alkanes of at least 4 members (excludes halogenated alkanes) is 6. The van der Waals surface area contributed by atoms with Gasteiger partial charge in [0, 0.05) is 12.5 Å². The smallest absolute Gasteiger partial charge is 0.344 e. The number of ketones is 1. The fourth-order valence-electron chi connectivity index (χ4n) is 1.95. The van der Waals surface area contributed by atoms with Gasteiger partial charge in [0.2, 0.25) is 0 Å². The predicted octanol–water partition coefficient (Wildman–Crippen LogP) is 4.57. The van der Waals surface area contributed by atoms with E-state index in [0.29, 0.717) is 6.42 Å². The summed E-state index contributed by atoms with van der Waals surface area (Å²) >= 11 is 0. The van der Waals surface area contributed by atoms with Crippen LogP contribution < -0.4 is 0 Å². The van der Waals surface area contributed by atoms with E-state index in [1.54, 1.807) is 20.8 Å². The minimum absolute atomic E-state index is 0.0396. The maximum Gasteiger partial charge on any atom is 0.344 e. The molecule has 128 valence electrons. The second-order valence-electron chi connectivity index (χ2n) is 6.54. The highest BCUT2D eigenvalue weighted by molar-refractivity contribution is 5.89. The molecule has 0 heterocycles. The molecule has 0 saturated heterocycles. The van der Waals surface area contributed by atoms with E-state index in [4.69, 9.17) is 9.47 Å². The second-order valence-corrected chi connectivity index (χ2v) is 6.54. The van der Waals surface area contributed by atoms with Gasteiger partial charge in [-0.05, 0) is 27.2 Å². The third-order valence-corrected chi connectivity index (χ3v) is 3.00. The first-order chi connectivity index (χ1) is 10.3. The van der Waals surface area contributed by atoms with Crippen LogP contribution in [0.15, 0.2) is 12.3 Å². The molecule has 0 aromatic rings. The Balaban J connectivity index is 3.57. The van der Waals surface area contributed by atoms with Crippen molar-refractivity contribution in [2.75, 3.05) is 6.61 Å². The molecule has 0 aromatic heterocycles. The first-order valence-electron chi connectivity index (χ1n) is 8.38. The molecule has 0 aliphatic heterocycles. The minimum Gasteiger partial charge on any atom is -0.489 e. The van der Waals surface area contributed by atoms with E-state index in [0.717, 1.165) is 12.8 Å². The summed E-state index contributed by atoms with van der Waals surface area (Å²) in [6.07, 6.45) is 11.5. The maximum atomic E-state index is 11.6. The summed E-state index contributed by atoms with van der Waals surface area (Å²) in [5, 5.41) is 0. The zero-order valence-corrected chi connectivity index (χ0v) is 14.7. The number of esters is 1. The van der Waals surface area contributed by atoms with Gasteiger partial charge < -0.3 is 9.47 Å². The highest BCUT2D eigenvalue weighted by Crippen LogP contribution is 2.09. The largest absolute Gasteiger partial charge is 0.489 e. The molecule has 0 N–H and O–H groups in total. The molecular weight excluding hydrogens is 280 g/mol. The Morgan fingerprint density at radius 2 is 1.55 bits per heavy atom. The Morgan fingerprint density at radius 1 is 0.955 bits per heavy atom. The normalized spacial score (nSPS) is 11.6. The van der Waals surface area contributed by atoms with Gasteiger partial charge in [0.25, 0.3) is 0 Å². The van der Waals surface area contributed by atoms with E-state index in [1.807, 2.05) is 0 Å². The molecule has 0 aliphatic rings. The number of allylic oxidation sites excluding steroid dienone is 1. The van der Waals surface area contributed by atoms with Gasteiger partial charge in [0.05, 0.1) is 6.26 Å². The van der Waals surface area contributed by atoms with Crippen molar-refractivity contribution in [2.45, 2.75) is 84.7 Å². The zero-order chi connectivity index (χ0) is 16.8. The second kappa shape index (κ2) is 12.2. The van der Waals surface area contributed by atoms with Crippen molar-refractivity contribution in [3.8, 4) is 0 Å². The highest BCUT2D eigenvalue weighted by atomic mass is 16.6. The van der Waals surface area contributed by atoms with Crippen molar-refractivity contribution in [3.05, 3.63) is 12.3 Å². The van der Waals surface area contributed by atoms with Crippen LogP contribution in [0.5, 0.6) is 0 Å². The lowest BCUT2D eigenvalue weighted by Gasteiger charge is -2.18. The van der Waals surface area contributed by atoms with Crippen molar-refractivity contribution in [1.82, 2.24) is 0 Å². The van der Waals surface area contributed by atoms with Crippen LogP contribution in [0.4, 0.5) is 0 Å². The molecule has 0 atom stereocenters. The van der Waals surface area contributed by atoms with Gasteiger partial charge in [-0.2, -0.15) is 0 Å². The van der Waals surface area contributed by atoms with Gasteiger partial charge in [-0.1, -0.05) is 45.4 Å². The molecule has 0 spiro atoms. The van der Waals surface area contributed by atoms with Crippen LogP contribution >= 0.6 is 0 Å². The molecule has 4 nitrogen and oxygen atoms in total. The van der Waals surface area contributed by atoms with E-state index in [-0.39, 0.29) is 12.4 Å². The van der Waals surface area contributed by atoms with Gasteiger partial charge in [0.1, 0.15) is 5.60 Å². The molecular formula is C18H32O4. The molecule has 0 saturated carbocycles. The third-order valence-electron chi connectivity index (χ3n) is 3.00. The number of hydrogen-bond acceptors (Lipinski definition) is 4. The average molecular weight is 312 g/mol. The molecule has 0 radical (unpaired) electrons. The summed E-state index contributed by atoms with van der Waals surface area (Å²) in [5.74, 6) is -0.394. The standard InChI is InChI=1S/C18H32O4/c1-5-6-7-8-9-10-11-12-16(19)13-14-21-15-17(20)22-18(2,3)4/h13-14H,5-12,15H2,1-4H3/b14-13-. The molecule has 4 heteroatoms. The van der Waals surface area contributed by atoms with Crippen LogP contribution in [0.3, 0.4) is 0 Å². The lowest BCUT2D eigenvalue weighted by atomic mass is 10.1. The van der Waals surface area contributed by atoms with E-state index in [9.17, 15) is 9.59 Å². The lowest BCUT2D eigenvalue weighted by Crippen LogP contribution is -2.26. The maximum absolute atomic E-state index is 11.6. The van der Waals surface area contributed by atoms with Crippen molar-refractivity contribution >= 4 is 11.8 Å². The van der Waals surface area contributed by atoms with E-state index < -0.39 is 11.6 Å². The molecule has 22 heavy (non-hydrogen) atoms. The fourth-order valence-corrected chi connectivity index (χ4v) is 1.95. The predicted molar refractivity (Wildman–Crippen MR) is 88.6 cm³/mol. The lowest BCUT2D eigenvalue weighted by molar-refractivity contribution is -0.158. The quantitative estimate of drug-likeness (QED) is 0.229. The fraction of sp³-hybridized carbons (Fsp3) is 0.778. The molecule has 0 amide bonds. The SMILES string of the molecule is CCCCCCCCCC(=O)/C=C\OCC(=O)OC(C)(C)C. The number of hydrogen-bond donors (Lipinski definition) is 0. The van der Waals surface area contributed by atoms with Crippen LogP contribution in [0, 0.1) is 0 Å². The van der Waals surface area contributed by atoms with E-state index >= 15 is 0 Å². The van der Waals surface area contributed by atoms with E-state index in [2.05, 4.69) is 6.92 Å². The Labute approximate surface area is 135 Å². The summed E-state index contributed by atoms with van der Waals surface area (Å²) in [6.45, 7) is 7.43. The van der Waals surface area contributed by atoms with Gasteiger partial charge in [-0.3, -0.25) is 4.79 Å². The van der Waals surface area contributed by atoms with Gasteiger partial charge in [-0.15, -0.1) is 0 Å². The Morgan fingerprint density at radius 3 is 2.14 bits per heavy atom. The molecule has 0 bridgehead atoms. The molecule has 0 unspecified atom stereocenters. The Bertz CT molecular complexity index is 339.